The average Bonchev–Trinajstić information content (AvgIpc) is 2.59. The van der Waals surface area contributed by atoms with Crippen molar-refractivity contribution in [2.45, 2.75) is 40.2 Å². The molecule has 108 valence electrons. The number of hydrogen-bond acceptors (Lipinski definition) is 4. The normalized spacial score (nSPS) is 17.6. The van der Waals surface area contributed by atoms with E-state index in [4.69, 9.17) is 0 Å². The molecule has 0 radical (unpaired) electrons. The first-order valence-corrected chi connectivity index (χ1v) is 6.98. The zero-order chi connectivity index (χ0) is 14.8. The van der Waals surface area contributed by atoms with E-state index in [1.165, 1.54) is 4.90 Å². The minimum atomic E-state index is -0.588. The Kier molecular flexibility index (Phi) is 4.06. The van der Waals surface area contributed by atoms with Gasteiger partial charge in [0.15, 0.2) is 0 Å². The molecule has 0 aliphatic carbocycles. The molecule has 1 N–H and O–H groups in total. The number of pyridine rings is 1. The summed E-state index contributed by atoms with van der Waals surface area (Å²) < 4.78 is 0. The predicted molar refractivity (Wildman–Crippen MR) is 77.0 cm³/mol. The summed E-state index contributed by atoms with van der Waals surface area (Å²) in [6.07, 6.45) is 1.29. The lowest BCUT2D eigenvalue weighted by molar-refractivity contribution is -0.141. The van der Waals surface area contributed by atoms with Gasteiger partial charge in [0.1, 0.15) is 5.82 Å². The molecule has 2 rings (SSSR count). The van der Waals surface area contributed by atoms with E-state index in [1.807, 2.05) is 18.2 Å². The van der Waals surface area contributed by atoms with E-state index in [2.05, 4.69) is 17.2 Å². The van der Waals surface area contributed by atoms with Crippen LogP contribution in [0.5, 0.6) is 0 Å². The van der Waals surface area contributed by atoms with Gasteiger partial charge in [0.2, 0.25) is 11.8 Å². The van der Waals surface area contributed by atoms with E-state index >= 15 is 0 Å². The van der Waals surface area contributed by atoms with E-state index in [0.29, 0.717) is 0 Å². The maximum Gasteiger partial charge on any atom is 0.235 e. The van der Waals surface area contributed by atoms with Crippen LogP contribution in [0, 0.1) is 5.41 Å². The summed E-state index contributed by atoms with van der Waals surface area (Å²) in [7, 11) is 0. The van der Waals surface area contributed by atoms with E-state index in [9.17, 15) is 9.59 Å². The Bertz CT molecular complexity index is 526. The Morgan fingerprint density at radius 2 is 2.10 bits per heavy atom. The molecule has 0 spiro atoms. The van der Waals surface area contributed by atoms with Crippen LogP contribution in [0.2, 0.25) is 0 Å². The highest BCUT2D eigenvalue weighted by Gasteiger charge is 2.44. The Hall–Kier alpha value is -1.91. The van der Waals surface area contributed by atoms with Gasteiger partial charge in [0.25, 0.3) is 0 Å². The largest absolute Gasteiger partial charge is 0.370 e. The molecule has 1 saturated heterocycles. The molecule has 2 heterocycles. The van der Waals surface area contributed by atoms with Gasteiger partial charge in [-0.3, -0.25) is 14.5 Å². The second-order valence-electron chi connectivity index (χ2n) is 5.79. The molecule has 5 nitrogen and oxygen atoms in total. The number of nitrogens with one attached hydrogen (secondary N) is 1. The molecule has 0 unspecified atom stereocenters. The lowest BCUT2D eigenvalue weighted by atomic mass is 9.92. The van der Waals surface area contributed by atoms with Crippen LogP contribution in [-0.2, 0) is 16.1 Å². The van der Waals surface area contributed by atoms with E-state index in [0.717, 1.165) is 24.5 Å². The molecule has 0 saturated carbocycles. The van der Waals surface area contributed by atoms with Gasteiger partial charge < -0.3 is 5.32 Å². The van der Waals surface area contributed by atoms with Gasteiger partial charge in [-0.15, -0.1) is 0 Å². The second kappa shape index (κ2) is 5.61. The first-order valence-electron chi connectivity index (χ1n) is 6.98. The third-order valence-corrected chi connectivity index (χ3v) is 3.40. The summed E-state index contributed by atoms with van der Waals surface area (Å²) in [5, 5.41) is 3.20. The molecule has 5 heteroatoms. The number of aromatic nitrogens is 1. The van der Waals surface area contributed by atoms with Crippen molar-refractivity contribution in [3.8, 4) is 0 Å². The van der Waals surface area contributed by atoms with Crippen LogP contribution in [0.25, 0.3) is 0 Å². The second-order valence-corrected chi connectivity index (χ2v) is 5.79. The van der Waals surface area contributed by atoms with E-state index in [1.54, 1.807) is 13.8 Å². The standard InChI is InChI=1S/C15H21N3O2/c1-4-8-16-12-7-5-6-11(17-12)10-18-13(19)9-15(2,3)14(18)20/h5-7H,4,8-10H2,1-3H3,(H,16,17). The zero-order valence-electron chi connectivity index (χ0n) is 12.3. The molecule has 0 aromatic carbocycles. The summed E-state index contributed by atoms with van der Waals surface area (Å²) in [5.41, 5.74) is 0.139. The molecule has 1 aromatic heterocycles. The highest BCUT2D eigenvalue weighted by molar-refractivity contribution is 6.05. The van der Waals surface area contributed by atoms with Crippen molar-refractivity contribution in [3.05, 3.63) is 23.9 Å². The van der Waals surface area contributed by atoms with Crippen LogP contribution in [0.15, 0.2) is 18.2 Å². The molecule has 1 aliphatic rings. The number of hydrogen-bond donors (Lipinski definition) is 1. The Labute approximate surface area is 119 Å². The lowest BCUT2D eigenvalue weighted by Crippen LogP contribution is -2.32. The average molecular weight is 275 g/mol. The van der Waals surface area contributed by atoms with Gasteiger partial charge in [-0.2, -0.15) is 0 Å². The number of carbonyl (C=O) groups is 2. The van der Waals surface area contributed by atoms with Crippen LogP contribution in [0.4, 0.5) is 5.82 Å². The molecular weight excluding hydrogens is 254 g/mol. The highest BCUT2D eigenvalue weighted by Crippen LogP contribution is 2.32. The molecule has 2 amide bonds. The van der Waals surface area contributed by atoms with Crippen LogP contribution in [-0.4, -0.2) is 28.2 Å². The van der Waals surface area contributed by atoms with Crippen molar-refractivity contribution in [1.82, 2.24) is 9.88 Å². The first-order chi connectivity index (χ1) is 9.44. The minimum Gasteiger partial charge on any atom is -0.370 e. The van der Waals surface area contributed by atoms with Gasteiger partial charge in [-0.25, -0.2) is 4.98 Å². The number of carbonyl (C=O) groups excluding carboxylic acids is 2. The van der Waals surface area contributed by atoms with Gasteiger partial charge in [-0.1, -0.05) is 26.8 Å². The van der Waals surface area contributed by atoms with Crippen molar-refractivity contribution in [2.75, 3.05) is 11.9 Å². The highest BCUT2D eigenvalue weighted by atomic mass is 16.2. The Balaban J connectivity index is 2.10. The zero-order valence-corrected chi connectivity index (χ0v) is 12.3. The number of nitrogens with zero attached hydrogens (tertiary/aromatic N) is 2. The quantitative estimate of drug-likeness (QED) is 0.837. The predicted octanol–water partition coefficient (Wildman–Crippen LogP) is 2.19. The monoisotopic (exact) mass is 275 g/mol. The van der Waals surface area contributed by atoms with Gasteiger partial charge in [0.05, 0.1) is 17.7 Å². The fourth-order valence-electron chi connectivity index (χ4n) is 2.27. The summed E-state index contributed by atoms with van der Waals surface area (Å²) >= 11 is 0. The lowest BCUT2D eigenvalue weighted by Gasteiger charge is -2.17. The van der Waals surface area contributed by atoms with Crippen molar-refractivity contribution >= 4 is 17.6 Å². The number of anilines is 1. The molecule has 20 heavy (non-hydrogen) atoms. The molecule has 0 atom stereocenters. The molecule has 1 fully saturated rings. The van der Waals surface area contributed by atoms with Crippen LogP contribution >= 0.6 is 0 Å². The van der Waals surface area contributed by atoms with Crippen molar-refractivity contribution in [1.29, 1.82) is 0 Å². The Morgan fingerprint density at radius 3 is 2.70 bits per heavy atom. The summed E-state index contributed by atoms with van der Waals surface area (Å²) in [6, 6.07) is 5.61. The Morgan fingerprint density at radius 1 is 1.35 bits per heavy atom. The fraction of sp³-hybridized carbons (Fsp3) is 0.533. The van der Waals surface area contributed by atoms with Gasteiger partial charge >= 0.3 is 0 Å². The van der Waals surface area contributed by atoms with Crippen LogP contribution in [0.1, 0.15) is 39.3 Å². The molecule has 0 bridgehead atoms. The van der Waals surface area contributed by atoms with E-state index < -0.39 is 5.41 Å². The van der Waals surface area contributed by atoms with Gasteiger partial charge in [0, 0.05) is 13.0 Å². The smallest absolute Gasteiger partial charge is 0.235 e. The maximum atomic E-state index is 12.2. The minimum absolute atomic E-state index is 0.115. The summed E-state index contributed by atoms with van der Waals surface area (Å²) in [5.74, 6) is 0.549. The number of amides is 2. The summed E-state index contributed by atoms with van der Waals surface area (Å²) in [6.45, 7) is 6.80. The molecule has 1 aliphatic heterocycles. The van der Waals surface area contributed by atoms with Crippen molar-refractivity contribution < 1.29 is 9.59 Å². The first kappa shape index (κ1) is 14.5. The van der Waals surface area contributed by atoms with Crippen molar-refractivity contribution in [3.63, 3.8) is 0 Å². The third-order valence-electron chi connectivity index (χ3n) is 3.40. The molecule has 1 aromatic rings. The number of rotatable bonds is 5. The SMILES string of the molecule is CCCNc1cccc(CN2C(=O)CC(C)(C)C2=O)n1. The molecular formula is C15H21N3O2. The third kappa shape index (κ3) is 2.98. The fourth-order valence-corrected chi connectivity index (χ4v) is 2.27. The van der Waals surface area contributed by atoms with Crippen molar-refractivity contribution in [2.24, 2.45) is 5.41 Å². The number of imide groups is 1. The van der Waals surface area contributed by atoms with E-state index in [-0.39, 0.29) is 24.8 Å². The maximum absolute atomic E-state index is 12.2. The summed E-state index contributed by atoms with van der Waals surface area (Å²) in [4.78, 5) is 29.8. The number of likely N-dealkylation sites (tertiary alicyclic amines) is 1. The topological polar surface area (TPSA) is 62.3 Å². The van der Waals surface area contributed by atoms with Crippen LogP contribution in [0.3, 0.4) is 0 Å². The van der Waals surface area contributed by atoms with Gasteiger partial charge in [-0.05, 0) is 18.6 Å². The van der Waals surface area contributed by atoms with Crippen LogP contribution < -0.4 is 5.32 Å².